The van der Waals surface area contributed by atoms with E-state index in [2.05, 4.69) is 36.1 Å². The molecule has 3 N–H and O–H groups in total. The zero-order chi connectivity index (χ0) is 13.9. The molecule has 1 heterocycles. The summed E-state index contributed by atoms with van der Waals surface area (Å²) in [7, 11) is 0. The van der Waals surface area contributed by atoms with Gasteiger partial charge < -0.3 is 11.1 Å². The molecule has 19 heavy (non-hydrogen) atoms. The van der Waals surface area contributed by atoms with Gasteiger partial charge in [0.2, 0.25) is 0 Å². The van der Waals surface area contributed by atoms with Gasteiger partial charge in [0.15, 0.2) is 0 Å². The third kappa shape index (κ3) is 3.17. The van der Waals surface area contributed by atoms with Crippen LogP contribution in [0.15, 0.2) is 6.33 Å². The van der Waals surface area contributed by atoms with Gasteiger partial charge in [-0.15, -0.1) is 0 Å². The second-order valence-corrected chi connectivity index (χ2v) is 6.27. The molecule has 1 atom stereocenters. The van der Waals surface area contributed by atoms with Gasteiger partial charge in [0, 0.05) is 11.6 Å². The van der Waals surface area contributed by atoms with Crippen LogP contribution in [0.1, 0.15) is 58.4 Å². The molecule has 106 valence electrons. The summed E-state index contributed by atoms with van der Waals surface area (Å²) >= 11 is 0. The van der Waals surface area contributed by atoms with Crippen LogP contribution in [-0.4, -0.2) is 16.0 Å². The molecular weight excluding hydrogens is 236 g/mol. The van der Waals surface area contributed by atoms with Crippen LogP contribution >= 0.6 is 0 Å². The van der Waals surface area contributed by atoms with Crippen LogP contribution in [0.4, 0.5) is 11.6 Å². The highest BCUT2D eigenvalue weighted by molar-refractivity contribution is 5.55. The van der Waals surface area contributed by atoms with Gasteiger partial charge >= 0.3 is 0 Å². The molecule has 1 saturated carbocycles. The van der Waals surface area contributed by atoms with E-state index in [0.717, 1.165) is 24.2 Å². The summed E-state index contributed by atoms with van der Waals surface area (Å²) in [6, 6.07) is 0.478. The van der Waals surface area contributed by atoms with E-state index in [1.54, 1.807) is 6.33 Å². The molecule has 1 aliphatic rings. The Kier molecular flexibility index (Phi) is 4.27. The number of nitrogens with one attached hydrogen (secondary N) is 1. The molecule has 1 aromatic rings. The topological polar surface area (TPSA) is 63.8 Å². The fourth-order valence-corrected chi connectivity index (χ4v) is 2.97. The quantitative estimate of drug-likeness (QED) is 0.873. The van der Waals surface area contributed by atoms with Crippen molar-refractivity contribution in [1.29, 1.82) is 0 Å². The molecule has 0 saturated heterocycles. The SMILES string of the molecule is CCCc1c(N)ncnc1NC1CCCCC1(C)C. The van der Waals surface area contributed by atoms with Crippen molar-refractivity contribution in [3.63, 3.8) is 0 Å². The number of nitrogen functional groups attached to an aromatic ring is 1. The van der Waals surface area contributed by atoms with E-state index in [1.165, 1.54) is 25.7 Å². The minimum absolute atomic E-state index is 0.321. The summed E-state index contributed by atoms with van der Waals surface area (Å²) in [5.74, 6) is 1.56. The Balaban J connectivity index is 2.20. The van der Waals surface area contributed by atoms with Gasteiger partial charge in [-0.1, -0.05) is 40.0 Å². The molecule has 0 aliphatic heterocycles. The molecule has 4 nitrogen and oxygen atoms in total. The van der Waals surface area contributed by atoms with E-state index < -0.39 is 0 Å². The average Bonchev–Trinajstić information content (AvgIpc) is 2.36. The van der Waals surface area contributed by atoms with Gasteiger partial charge in [0.1, 0.15) is 18.0 Å². The lowest BCUT2D eigenvalue weighted by atomic mass is 9.73. The minimum Gasteiger partial charge on any atom is -0.383 e. The van der Waals surface area contributed by atoms with Gasteiger partial charge in [-0.05, 0) is 24.7 Å². The van der Waals surface area contributed by atoms with Crippen LogP contribution in [0.5, 0.6) is 0 Å². The van der Waals surface area contributed by atoms with Gasteiger partial charge in [-0.3, -0.25) is 0 Å². The first kappa shape index (κ1) is 14.1. The fraction of sp³-hybridized carbons (Fsp3) is 0.733. The van der Waals surface area contributed by atoms with Gasteiger partial charge in [-0.2, -0.15) is 0 Å². The average molecular weight is 262 g/mol. The molecule has 1 fully saturated rings. The van der Waals surface area contributed by atoms with Crippen LogP contribution in [0, 0.1) is 5.41 Å². The highest BCUT2D eigenvalue weighted by Gasteiger charge is 2.32. The molecule has 1 aromatic heterocycles. The molecule has 1 aliphatic carbocycles. The molecule has 0 amide bonds. The lowest BCUT2D eigenvalue weighted by Crippen LogP contribution is -2.39. The normalized spacial score (nSPS) is 22.2. The molecule has 4 heteroatoms. The molecule has 0 aromatic carbocycles. The third-order valence-electron chi connectivity index (χ3n) is 4.30. The molecule has 0 spiro atoms. The highest BCUT2D eigenvalue weighted by atomic mass is 15.1. The van der Waals surface area contributed by atoms with Crippen LogP contribution in [0.25, 0.3) is 0 Å². The Morgan fingerprint density at radius 3 is 2.84 bits per heavy atom. The predicted octanol–water partition coefficient (Wildman–Crippen LogP) is 3.39. The third-order valence-corrected chi connectivity index (χ3v) is 4.30. The summed E-state index contributed by atoms with van der Waals surface area (Å²) in [6.07, 6.45) is 8.66. The van der Waals surface area contributed by atoms with Crippen LogP contribution in [0.2, 0.25) is 0 Å². The van der Waals surface area contributed by atoms with Crippen molar-refractivity contribution in [2.45, 2.75) is 65.3 Å². The maximum atomic E-state index is 5.99. The molecule has 2 rings (SSSR count). The number of hydrogen-bond donors (Lipinski definition) is 2. The Bertz CT molecular complexity index is 428. The molecule has 1 unspecified atom stereocenters. The van der Waals surface area contributed by atoms with Crippen molar-refractivity contribution in [3.05, 3.63) is 11.9 Å². The summed E-state index contributed by atoms with van der Waals surface area (Å²) in [4.78, 5) is 8.53. The second kappa shape index (κ2) is 5.76. The minimum atomic E-state index is 0.321. The Morgan fingerprint density at radius 1 is 1.37 bits per heavy atom. The van der Waals surface area contributed by atoms with E-state index in [0.29, 0.717) is 17.3 Å². The molecular formula is C15H26N4. The zero-order valence-corrected chi connectivity index (χ0v) is 12.4. The number of nitrogens with zero attached hydrogens (tertiary/aromatic N) is 2. The maximum absolute atomic E-state index is 5.99. The molecule has 0 bridgehead atoms. The number of rotatable bonds is 4. The summed E-state index contributed by atoms with van der Waals surface area (Å²) in [6.45, 7) is 6.84. The number of nitrogens with two attached hydrogens (primary N) is 1. The van der Waals surface area contributed by atoms with Crippen molar-refractivity contribution >= 4 is 11.6 Å². The monoisotopic (exact) mass is 262 g/mol. The number of anilines is 2. The van der Waals surface area contributed by atoms with Crippen molar-refractivity contribution in [3.8, 4) is 0 Å². The van der Waals surface area contributed by atoms with Crippen LogP contribution in [-0.2, 0) is 6.42 Å². The maximum Gasteiger partial charge on any atom is 0.134 e. The zero-order valence-electron chi connectivity index (χ0n) is 12.4. The van der Waals surface area contributed by atoms with Gasteiger partial charge in [-0.25, -0.2) is 9.97 Å². The van der Waals surface area contributed by atoms with E-state index in [-0.39, 0.29) is 0 Å². The number of aromatic nitrogens is 2. The van der Waals surface area contributed by atoms with Crippen molar-refractivity contribution in [2.75, 3.05) is 11.1 Å². The fourth-order valence-electron chi connectivity index (χ4n) is 2.97. The van der Waals surface area contributed by atoms with Crippen molar-refractivity contribution in [2.24, 2.45) is 5.41 Å². The standard InChI is InChI=1S/C15H26N4/c1-4-7-11-13(16)17-10-18-14(11)19-12-8-5-6-9-15(12,2)3/h10,12H,4-9H2,1-3H3,(H3,16,17,18,19). The van der Waals surface area contributed by atoms with Crippen LogP contribution in [0.3, 0.4) is 0 Å². The Hall–Kier alpha value is -1.32. The second-order valence-electron chi connectivity index (χ2n) is 6.27. The van der Waals surface area contributed by atoms with Crippen molar-refractivity contribution < 1.29 is 0 Å². The first-order valence-electron chi connectivity index (χ1n) is 7.40. The molecule has 0 radical (unpaired) electrons. The Morgan fingerprint density at radius 2 is 2.16 bits per heavy atom. The first-order chi connectivity index (χ1) is 9.04. The number of hydrogen-bond acceptors (Lipinski definition) is 4. The van der Waals surface area contributed by atoms with E-state index >= 15 is 0 Å². The summed E-state index contributed by atoms with van der Waals surface area (Å²) in [5, 5.41) is 3.63. The van der Waals surface area contributed by atoms with Gasteiger partial charge in [0.25, 0.3) is 0 Å². The van der Waals surface area contributed by atoms with E-state index in [9.17, 15) is 0 Å². The summed E-state index contributed by atoms with van der Waals surface area (Å²) in [5.41, 5.74) is 7.39. The largest absolute Gasteiger partial charge is 0.383 e. The summed E-state index contributed by atoms with van der Waals surface area (Å²) < 4.78 is 0. The highest BCUT2D eigenvalue weighted by Crippen LogP contribution is 2.37. The smallest absolute Gasteiger partial charge is 0.134 e. The van der Waals surface area contributed by atoms with E-state index in [4.69, 9.17) is 5.73 Å². The van der Waals surface area contributed by atoms with E-state index in [1.807, 2.05) is 0 Å². The van der Waals surface area contributed by atoms with Gasteiger partial charge in [0.05, 0.1) is 0 Å². The van der Waals surface area contributed by atoms with Crippen LogP contribution < -0.4 is 11.1 Å². The Labute approximate surface area is 116 Å². The predicted molar refractivity (Wildman–Crippen MR) is 80.1 cm³/mol. The lowest BCUT2D eigenvalue weighted by Gasteiger charge is -2.39. The van der Waals surface area contributed by atoms with Crippen molar-refractivity contribution in [1.82, 2.24) is 9.97 Å². The first-order valence-corrected chi connectivity index (χ1v) is 7.40. The lowest BCUT2D eigenvalue weighted by molar-refractivity contribution is 0.216.